The van der Waals surface area contributed by atoms with E-state index in [9.17, 15) is 13.2 Å². The molecule has 0 bridgehead atoms. The number of benzene rings is 1. The molecule has 124 valence electrons. The molecular formula is C14H14Br2N2O3S2. The minimum atomic E-state index is -3.07. The molecule has 2 aliphatic rings. The highest BCUT2D eigenvalue weighted by atomic mass is 79.9. The van der Waals surface area contributed by atoms with Crippen LogP contribution in [-0.2, 0) is 14.6 Å². The molecule has 0 aromatic heterocycles. The van der Waals surface area contributed by atoms with E-state index in [0.717, 1.165) is 20.2 Å². The Morgan fingerprint density at radius 1 is 1.30 bits per heavy atom. The third-order valence-corrected chi connectivity index (χ3v) is 8.14. The maximum Gasteiger partial charge on any atom is 0.244 e. The largest absolute Gasteiger partial charge is 0.313 e. The molecule has 2 saturated heterocycles. The first-order chi connectivity index (χ1) is 10.7. The fourth-order valence-corrected chi connectivity index (χ4v) is 8.62. The van der Waals surface area contributed by atoms with Crippen molar-refractivity contribution in [2.45, 2.75) is 25.1 Å². The van der Waals surface area contributed by atoms with Gasteiger partial charge in [-0.15, -0.1) is 0 Å². The molecule has 0 N–H and O–H groups in total. The monoisotopic (exact) mass is 480 g/mol. The number of aliphatic imine (C=N–C) groups is 1. The van der Waals surface area contributed by atoms with Gasteiger partial charge in [-0.25, -0.2) is 8.42 Å². The van der Waals surface area contributed by atoms with Crippen molar-refractivity contribution in [2.75, 3.05) is 16.4 Å². The van der Waals surface area contributed by atoms with Crippen molar-refractivity contribution in [1.29, 1.82) is 0 Å². The topological polar surface area (TPSA) is 66.8 Å². The van der Waals surface area contributed by atoms with Gasteiger partial charge in [0.25, 0.3) is 0 Å². The second kappa shape index (κ2) is 6.16. The molecule has 1 aromatic rings. The molecule has 3 rings (SSSR count). The van der Waals surface area contributed by atoms with E-state index in [4.69, 9.17) is 0 Å². The normalized spacial score (nSPS) is 27.5. The molecule has 2 heterocycles. The summed E-state index contributed by atoms with van der Waals surface area (Å²) in [5.74, 6) is -0.0923. The molecule has 2 aliphatic heterocycles. The average Bonchev–Trinajstić information content (AvgIpc) is 2.81. The summed E-state index contributed by atoms with van der Waals surface area (Å²) in [7, 11) is -3.07. The molecule has 0 aliphatic carbocycles. The van der Waals surface area contributed by atoms with Crippen molar-refractivity contribution in [3.05, 3.63) is 26.6 Å². The van der Waals surface area contributed by atoms with E-state index in [1.807, 2.05) is 24.0 Å². The molecule has 1 amide bonds. The lowest BCUT2D eigenvalue weighted by Crippen LogP contribution is -2.38. The predicted octanol–water partition coefficient (Wildman–Crippen LogP) is 3.14. The predicted molar refractivity (Wildman–Crippen MR) is 101 cm³/mol. The second-order valence-corrected chi connectivity index (χ2v) is 10.7. The Hall–Kier alpha value is -0.380. The highest BCUT2D eigenvalue weighted by Crippen LogP contribution is 2.46. The van der Waals surface area contributed by atoms with Crippen molar-refractivity contribution in [3.63, 3.8) is 0 Å². The van der Waals surface area contributed by atoms with E-state index in [-0.39, 0.29) is 28.7 Å². The minimum absolute atomic E-state index is 0.0777. The molecule has 0 radical (unpaired) electrons. The number of sulfone groups is 1. The number of carbonyl (C=O) groups is 1. The summed E-state index contributed by atoms with van der Waals surface area (Å²) in [6.45, 7) is 3.38. The van der Waals surface area contributed by atoms with Gasteiger partial charge in [-0.3, -0.25) is 4.79 Å². The van der Waals surface area contributed by atoms with Crippen molar-refractivity contribution in [1.82, 2.24) is 0 Å². The summed E-state index contributed by atoms with van der Waals surface area (Å²) in [6.07, 6.45) is 0. The summed E-state index contributed by atoms with van der Waals surface area (Å²) in [5, 5.41) is 0.464. The van der Waals surface area contributed by atoms with Crippen LogP contribution < -0.4 is 4.90 Å². The van der Waals surface area contributed by atoms with Gasteiger partial charge < -0.3 is 4.90 Å². The van der Waals surface area contributed by atoms with Gasteiger partial charge in [0, 0.05) is 21.1 Å². The second-order valence-electron chi connectivity index (χ2n) is 5.66. The number of carbonyl (C=O) groups excluding carboxylic acids is 1. The van der Waals surface area contributed by atoms with Crippen LogP contribution in [0.1, 0.15) is 12.5 Å². The van der Waals surface area contributed by atoms with Gasteiger partial charge in [-0.1, -0.05) is 11.8 Å². The lowest BCUT2D eigenvalue weighted by atomic mass is 10.1. The Kier molecular flexibility index (Phi) is 4.67. The molecule has 2 fully saturated rings. The Bertz CT molecular complexity index is 800. The number of amides is 1. The number of amidine groups is 1. The van der Waals surface area contributed by atoms with Gasteiger partial charge in [0.1, 0.15) is 0 Å². The zero-order valence-electron chi connectivity index (χ0n) is 12.4. The molecule has 5 nitrogen and oxygen atoms in total. The van der Waals surface area contributed by atoms with E-state index >= 15 is 0 Å². The Morgan fingerprint density at radius 3 is 2.48 bits per heavy atom. The molecule has 23 heavy (non-hydrogen) atoms. The van der Waals surface area contributed by atoms with E-state index in [0.29, 0.717) is 5.17 Å². The van der Waals surface area contributed by atoms with Crippen LogP contribution in [0.2, 0.25) is 0 Å². The Balaban J connectivity index is 2.14. The zero-order valence-corrected chi connectivity index (χ0v) is 17.2. The maximum atomic E-state index is 12.0. The van der Waals surface area contributed by atoms with Crippen LogP contribution in [0.3, 0.4) is 0 Å². The minimum Gasteiger partial charge on any atom is -0.313 e. The number of hydrogen-bond donors (Lipinski definition) is 0. The third-order valence-electron chi connectivity index (χ3n) is 3.72. The molecule has 1 aromatic carbocycles. The van der Waals surface area contributed by atoms with Crippen molar-refractivity contribution in [3.8, 4) is 0 Å². The molecule has 2 unspecified atom stereocenters. The van der Waals surface area contributed by atoms with E-state index in [2.05, 4.69) is 36.9 Å². The van der Waals surface area contributed by atoms with Crippen LogP contribution in [0.25, 0.3) is 0 Å². The summed E-state index contributed by atoms with van der Waals surface area (Å²) < 4.78 is 25.7. The number of fused-ring (bicyclic) bond motifs is 1. The van der Waals surface area contributed by atoms with Gasteiger partial charge in [-0.05, 0) is 56.5 Å². The number of anilines is 1. The number of nitrogens with zero attached hydrogens (tertiary/aromatic N) is 2. The molecule has 2 atom stereocenters. The smallest absolute Gasteiger partial charge is 0.244 e. The molecular weight excluding hydrogens is 468 g/mol. The number of rotatable bonds is 1. The van der Waals surface area contributed by atoms with Crippen molar-refractivity contribution >= 4 is 70.2 Å². The van der Waals surface area contributed by atoms with Gasteiger partial charge in [0.2, 0.25) is 5.91 Å². The van der Waals surface area contributed by atoms with Gasteiger partial charge in [0.05, 0.1) is 23.2 Å². The maximum absolute atomic E-state index is 12.0. The lowest BCUT2D eigenvalue weighted by molar-refractivity contribution is -0.115. The first-order valence-electron chi connectivity index (χ1n) is 6.89. The SMILES string of the molecule is CC(=O)N=C1SC2CS(=O)(=O)CC2N1c1c(Br)cc(C)cc1Br. The van der Waals surface area contributed by atoms with Crippen LogP contribution in [0.5, 0.6) is 0 Å². The van der Waals surface area contributed by atoms with Crippen LogP contribution in [0, 0.1) is 6.92 Å². The van der Waals surface area contributed by atoms with Gasteiger partial charge in [0.15, 0.2) is 15.0 Å². The van der Waals surface area contributed by atoms with Gasteiger partial charge >= 0.3 is 0 Å². The van der Waals surface area contributed by atoms with Crippen LogP contribution in [-0.4, -0.2) is 42.3 Å². The highest BCUT2D eigenvalue weighted by Gasteiger charge is 2.50. The van der Waals surface area contributed by atoms with Crippen molar-refractivity contribution < 1.29 is 13.2 Å². The fourth-order valence-electron chi connectivity index (χ4n) is 2.88. The van der Waals surface area contributed by atoms with Crippen LogP contribution in [0.15, 0.2) is 26.1 Å². The summed E-state index contributed by atoms with van der Waals surface area (Å²) in [4.78, 5) is 17.5. The number of halogens is 2. The fraction of sp³-hybridized carbons (Fsp3) is 0.429. The van der Waals surface area contributed by atoms with Gasteiger partial charge in [-0.2, -0.15) is 4.99 Å². The summed E-state index contributed by atoms with van der Waals surface area (Å²) in [6, 6.07) is 3.72. The first-order valence-corrected chi connectivity index (χ1v) is 11.2. The number of hydrogen-bond acceptors (Lipinski definition) is 4. The van der Waals surface area contributed by atoms with E-state index in [1.54, 1.807) is 0 Å². The molecule has 9 heteroatoms. The van der Waals surface area contributed by atoms with E-state index < -0.39 is 9.84 Å². The number of thioether (sulfide) groups is 1. The van der Waals surface area contributed by atoms with Crippen LogP contribution >= 0.6 is 43.6 Å². The van der Waals surface area contributed by atoms with Crippen LogP contribution in [0.4, 0.5) is 5.69 Å². The first kappa shape index (κ1) is 17.4. The third kappa shape index (κ3) is 3.38. The number of aryl methyl sites for hydroxylation is 1. The Morgan fingerprint density at radius 2 is 1.91 bits per heavy atom. The lowest BCUT2D eigenvalue weighted by Gasteiger charge is -2.27. The molecule has 0 spiro atoms. The molecule has 0 saturated carbocycles. The zero-order chi connectivity index (χ0) is 16.9. The summed E-state index contributed by atoms with van der Waals surface area (Å²) in [5.41, 5.74) is 1.88. The van der Waals surface area contributed by atoms with Crippen molar-refractivity contribution in [2.24, 2.45) is 4.99 Å². The highest BCUT2D eigenvalue weighted by molar-refractivity contribution is 9.11. The van der Waals surface area contributed by atoms with E-state index in [1.165, 1.54) is 18.7 Å². The quantitative estimate of drug-likeness (QED) is 0.616. The Labute approximate surface area is 156 Å². The average molecular weight is 482 g/mol. The summed E-state index contributed by atoms with van der Waals surface area (Å²) >= 11 is 8.48. The standard InChI is InChI=1S/C14H14Br2N2O3S2/c1-7-3-9(15)13(10(16)4-7)18-11-5-23(20,21)6-12(11)22-14(18)17-8(2)19/h3-4,11-12H,5-6H2,1-2H3.